The number of hydrogen-bond donors (Lipinski definition) is 2. The average Bonchev–Trinajstić information content (AvgIpc) is 3.48. The van der Waals surface area contributed by atoms with Crippen LogP contribution < -0.4 is 21.1 Å². The van der Waals surface area contributed by atoms with Crippen molar-refractivity contribution in [1.82, 2.24) is 34.7 Å². The smallest absolute Gasteiger partial charge is 0.368 e. The van der Waals surface area contributed by atoms with E-state index in [1.54, 1.807) is 0 Å². The summed E-state index contributed by atoms with van der Waals surface area (Å²) in [5.74, 6) is -1.54. The van der Waals surface area contributed by atoms with Gasteiger partial charge in [0.05, 0.1) is 11.9 Å². The molecule has 3 aromatic rings. The number of halogens is 3. The van der Waals surface area contributed by atoms with E-state index >= 15 is 4.39 Å². The van der Waals surface area contributed by atoms with Gasteiger partial charge in [-0.1, -0.05) is 0 Å². The van der Waals surface area contributed by atoms with Crippen molar-refractivity contribution < 1.29 is 17.9 Å². The molecule has 2 aliphatic rings. The van der Waals surface area contributed by atoms with Gasteiger partial charge in [0, 0.05) is 30.7 Å². The summed E-state index contributed by atoms with van der Waals surface area (Å²) in [6.45, 7) is 4.32. The number of ether oxygens (including phenoxy) is 1. The van der Waals surface area contributed by atoms with E-state index in [0.29, 0.717) is 6.04 Å². The van der Waals surface area contributed by atoms with Crippen LogP contribution in [0.15, 0.2) is 23.1 Å². The molecule has 2 atom stereocenters. The number of alkyl halides is 1. The molecule has 2 fully saturated rings. The van der Waals surface area contributed by atoms with Gasteiger partial charge >= 0.3 is 5.69 Å². The molecule has 2 saturated heterocycles. The zero-order chi connectivity index (χ0) is 27.0. The van der Waals surface area contributed by atoms with Crippen LogP contribution in [0.5, 0.6) is 5.75 Å². The Kier molecular flexibility index (Phi) is 6.99. The van der Waals surface area contributed by atoms with Crippen LogP contribution in [0.1, 0.15) is 39.5 Å². The normalized spacial score (nSPS) is 20.8. The van der Waals surface area contributed by atoms with Crippen LogP contribution in [-0.4, -0.2) is 72.1 Å². The monoisotopic (exact) mass is 533 g/mol. The summed E-state index contributed by atoms with van der Waals surface area (Å²) in [5, 5.41) is 13.4. The quantitative estimate of drug-likeness (QED) is 0.451. The van der Waals surface area contributed by atoms with E-state index in [4.69, 9.17) is 4.74 Å². The van der Waals surface area contributed by atoms with Crippen molar-refractivity contribution in [3.8, 4) is 11.4 Å². The lowest BCUT2D eigenvalue weighted by Crippen LogP contribution is -2.55. The molecule has 0 aliphatic carbocycles. The Morgan fingerprint density at radius 3 is 2.76 bits per heavy atom. The molecule has 0 spiro atoms. The molecule has 2 N–H and O–H groups in total. The molecule has 4 heterocycles. The second kappa shape index (κ2) is 10.2. The van der Waals surface area contributed by atoms with Gasteiger partial charge in [-0.25, -0.2) is 22.9 Å². The maximum Gasteiger partial charge on any atom is 0.368 e. The van der Waals surface area contributed by atoms with Gasteiger partial charge in [-0.05, 0) is 62.6 Å². The lowest BCUT2D eigenvalue weighted by Gasteiger charge is -2.47. The van der Waals surface area contributed by atoms with E-state index < -0.39 is 24.0 Å². The van der Waals surface area contributed by atoms with Crippen LogP contribution in [0.4, 0.5) is 30.6 Å². The number of nitrogens with zero attached hydrogens (tertiary/aromatic N) is 7. The first-order valence-corrected chi connectivity index (χ1v) is 12.5. The summed E-state index contributed by atoms with van der Waals surface area (Å²) < 4.78 is 49.6. The van der Waals surface area contributed by atoms with Crippen LogP contribution in [-0.2, 0) is 7.05 Å². The number of anilines is 3. The molecule has 0 bridgehead atoms. The molecule has 0 radical (unpaired) electrons. The zero-order valence-corrected chi connectivity index (χ0v) is 21.4. The van der Waals surface area contributed by atoms with E-state index in [-0.39, 0.29) is 47.1 Å². The molecular weight excluding hydrogens is 503 g/mol. The number of nitrogens with one attached hydrogen (secondary N) is 2. The molecule has 0 unspecified atom stereocenters. The Labute approximate surface area is 217 Å². The Bertz CT molecular complexity index is 1380. The third kappa shape index (κ3) is 5.04. The average molecular weight is 534 g/mol. The minimum Gasteiger partial charge on any atom is -0.488 e. The Morgan fingerprint density at radius 2 is 2.03 bits per heavy atom. The lowest BCUT2D eigenvalue weighted by molar-refractivity contribution is 0.0500. The van der Waals surface area contributed by atoms with Crippen molar-refractivity contribution in [2.45, 2.75) is 57.2 Å². The predicted octanol–water partition coefficient (Wildman–Crippen LogP) is 2.94. The molecule has 2 aromatic heterocycles. The van der Waals surface area contributed by atoms with Gasteiger partial charge in [0.15, 0.2) is 17.5 Å². The number of piperidine rings is 1. The molecular formula is C24H30F3N9O2. The highest BCUT2D eigenvalue weighted by Gasteiger charge is 2.43. The Morgan fingerprint density at radius 1 is 1.21 bits per heavy atom. The number of fused-ring (bicyclic) bond motifs is 1. The van der Waals surface area contributed by atoms with Gasteiger partial charge in [0.1, 0.15) is 24.7 Å². The maximum absolute atomic E-state index is 15.0. The fourth-order valence-electron chi connectivity index (χ4n) is 5.50. The molecule has 0 amide bonds. The molecule has 2 aliphatic heterocycles. The fourth-order valence-corrected chi connectivity index (χ4v) is 5.50. The highest BCUT2D eigenvalue weighted by molar-refractivity contribution is 5.63. The largest absolute Gasteiger partial charge is 0.488 e. The van der Waals surface area contributed by atoms with Gasteiger partial charge in [-0.2, -0.15) is 14.3 Å². The van der Waals surface area contributed by atoms with Crippen molar-refractivity contribution >= 4 is 17.5 Å². The summed E-state index contributed by atoms with van der Waals surface area (Å²) in [7, 11) is 1.40. The van der Waals surface area contributed by atoms with Crippen molar-refractivity contribution in [3.63, 3.8) is 0 Å². The van der Waals surface area contributed by atoms with Crippen molar-refractivity contribution in [1.29, 1.82) is 0 Å². The van der Waals surface area contributed by atoms with Crippen LogP contribution in [0, 0.1) is 11.6 Å². The van der Waals surface area contributed by atoms with E-state index in [0.717, 1.165) is 53.9 Å². The van der Waals surface area contributed by atoms with Gasteiger partial charge in [-0.3, -0.25) is 4.90 Å². The summed E-state index contributed by atoms with van der Waals surface area (Å²) >= 11 is 0. The maximum atomic E-state index is 15.0. The molecule has 38 heavy (non-hydrogen) atoms. The molecule has 11 nitrogen and oxygen atoms in total. The van der Waals surface area contributed by atoms with Crippen LogP contribution in [0.3, 0.4) is 0 Å². The Balaban J connectivity index is 1.41. The number of hydrogen-bond acceptors (Lipinski definition) is 9. The van der Waals surface area contributed by atoms with Crippen molar-refractivity contribution in [3.05, 3.63) is 40.4 Å². The summed E-state index contributed by atoms with van der Waals surface area (Å²) in [6, 6.07) is 2.69. The first-order valence-electron chi connectivity index (χ1n) is 12.5. The molecule has 5 rings (SSSR count). The van der Waals surface area contributed by atoms with Gasteiger partial charge in [-0.15, -0.1) is 0 Å². The van der Waals surface area contributed by atoms with Gasteiger partial charge in [0.2, 0.25) is 5.95 Å². The summed E-state index contributed by atoms with van der Waals surface area (Å²) in [5.41, 5.74) is -0.728. The van der Waals surface area contributed by atoms with Crippen LogP contribution >= 0.6 is 0 Å². The first kappa shape index (κ1) is 25.9. The van der Waals surface area contributed by atoms with Crippen molar-refractivity contribution in [2.24, 2.45) is 7.05 Å². The molecule has 1 aromatic carbocycles. The number of rotatable bonds is 8. The fraction of sp³-hybridized carbons (Fsp3) is 0.542. The first-order chi connectivity index (χ1) is 18.2. The minimum absolute atomic E-state index is 0.0143. The van der Waals surface area contributed by atoms with Crippen LogP contribution in [0.2, 0.25) is 0 Å². The number of aryl methyl sites for hydroxylation is 1. The second-order valence-corrected chi connectivity index (χ2v) is 10.2. The standard InChI is InChI=1S/C24H30F3N9O2/c1-24(2)12-14(9-15-5-4-7-35(15)24)29-21-17(27)13-28-22(31-21)30-18-11-19(36-23(37)34(3)32-33-36)20(10-16(18)26)38-8-6-25/h10-11,13-15H,4-9,12H2,1-3H3,(H2,28,29,30,31)/t14-,15-/m1/s1. The van der Waals surface area contributed by atoms with Gasteiger partial charge in [0.25, 0.3) is 0 Å². The van der Waals surface area contributed by atoms with Crippen molar-refractivity contribution in [2.75, 3.05) is 30.5 Å². The van der Waals surface area contributed by atoms with E-state index in [1.807, 2.05) is 0 Å². The zero-order valence-electron chi connectivity index (χ0n) is 21.4. The highest BCUT2D eigenvalue weighted by Crippen LogP contribution is 2.38. The Hall–Kier alpha value is -3.68. The number of tetrazole rings is 1. The van der Waals surface area contributed by atoms with E-state index in [1.165, 1.54) is 13.1 Å². The third-order valence-electron chi connectivity index (χ3n) is 7.12. The number of benzene rings is 1. The SMILES string of the molecule is Cn1nnn(-c2cc(Nc3ncc(F)c(N[C@@H]4C[C@H]5CCCN5C(C)(C)C4)n3)c(F)cc2OCCF)c1=O. The minimum atomic E-state index is -0.813. The second-order valence-electron chi connectivity index (χ2n) is 10.2. The highest BCUT2D eigenvalue weighted by atomic mass is 19.1. The predicted molar refractivity (Wildman–Crippen MR) is 134 cm³/mol. The van der Waals surface area contributed by atoms with E-state index in [9.17, 15) is 13.6 Å². The third-order valence-corrected chi connectivity index (χ3v) is 7.12. The van der Waals surface area contributed by atoms with Crippen LogP contribution in [0.25, 0.3) is 5.69 Å². The summed E-state index contributed by atoms with van der Waals surface area (Å²) in [4.78, 5) is 23.2. The number of aromatic nitrogens is 6. The molecule has 14 heteroatoms. The van der Waals surface area contributed by atoms with E-state index in [2.05, 4.69) is 49.8 Å². The molecule has 204 valence electrons. The van der Waals surface area contributed by atoms with Gasteiger partial charge < -0.3 is 15.4 Å². The topological polar surface area (TPSA) is 115 Å². The summed E-state index contributed by atoms with van der Waals surface area (Å²) in [6.07, 6.45) is 4.98. The molecule has 0 saturated carbocycles. The lowest BCUT2D eigenvalue weighted by atomic mass is 9.84.